The maximum Gasteiger partial charge on any atom is 0.147 e. The van der Waals surface area contributed by atoms with E-state index < -0.39 is 0 Å². The summed E-state index contributed by atoms with van der Waals surface area (Å²) in [6.45, 7) is 7.71. The molecule has 24 heavy (non-hydrogen) atoms. The molecule has 0 amide bonds. The van der Waals surface area contributed by atoms with E-state index in [9.17, 15) is 5.26 Å². The molecular formula is C19H19N5. The molecule has 0 saturated carbocycles. The molecule has 0 N–H and O–H groups in total. The average Bonchev–Trinajstić information content (AvgIpc) is 2.82. The van der Waals surface area contributed by atoms with Crippen molar-refractivity contribution in [3.8, 4) is 6.07 Å². The molecule has 1 fully saturated rings. The molecule has 0 aliphatic carbocycles. The smallest absolute Gasteiger partial charge is 0.147 e. The van der Waals surface area contributed by atoms with Gasteiger partial charge in [-0.1, -0.05) is 12.1 Å². The van der Waals surface area contributed by atoms with Crippen LogP contribution in [0.1, 0.15) is 28.7 Å². The van der Waals surface area contributed by atoms with Gasteiger partial charge in [-0.3, -0.25) is 0 Å². The van der Waals surface area contributed by atoms with E-state index in [1.807, 2.05) is 26.0 Å². The first-order valence-corrected chi connectivity index (χ1v) is 8.15. The highest BCUT2D eigenvalue weighted by Gasteiger charge is 2.33. The van der Waals surface area contributed by atoms with Crippen molar-refractivity contribution >= 4 is 16.9 Å². The molecule has 0 bridgehead atoms. The van der Waals surface area contributed by atoms with Crippen molar-refractivity contribution in [2.75, 3.05) is 18.0 Å². The molecule has 4 rings (SSSR count). The van der Waals surface area contributed by atoms with E-state index >= 15 is 0 Å². The molecule has 5 heteroatoms. The minimum absolute atomic E-state index is 0.367. The third kappa shape index (κ3) is 2.15. The van der Waals surface area contributed by atoms with E-state index in [-0.39, 0.29) is 0 Å². The summed E-state index contributed by atoms with van der Waals surface area (Å²) < 4.78 is 2.31. The zero-order chi connectivity index (χ0) is 16.8. The van der Waals surface area contributed by atoms with Crippen LogP contribution in [0.25, 0.3) is 11.0 Å². The summed E-state index contributed by atoms with van der Waals surface area (Å²) in [6.07, 6.45) is 0. The number of pyridine rings is 1. The van der Waals surface area contributed by atoms with Crippen LogP contribution in [0.15, 0.2) is 30.3 Å². The topological polar surface area (TPSA) is 57.7 Å². The first-order valence-electron chi connectivity index (χ1n) is 8.15. The molecule has 1 aliphatic rings. The van der Waals surface area contributed by atoms with E-state index in [1.54, 1.807) is 0 Å². The van der Waals surface area contributed by atoms with E-state index in [0.29, 0.717) is 11.6 Å². The van der Waals surface area contributed by atoms with Crippen LogP contribution in [-0.4, -0.2) is 27.6 Å². The molecule has 0 radical (unpaired) electrons. The Kier molecular flexibility index (Phi) is 3.27. The molecular weight excluding hydrogens is 298 g/mol. The fourth-order valence-electron chi connectivity index (χ4n) is 3.60. The predicted octanol–water partition coefficient (Wildman–Crippen LogP) is 3.29. The molecule has 0 unspecified atom stereocenters. The van der Waals surface area contributed by atoms with E-state index in [4.69, 9.17) is 0 Å². The van der Waals surface area contributed by atoms with Gasteiger partial charge in [-0.25, -0.2) is 9.97 Å². The van der Waals surface area contributed by atoms with Gasteiger partial charge in [-0.2, -0.15) is 5.26 Å². The highest BCUT2D eigenvalue weighted by molar-refractivity contribution is 5.76. The number of fused-ring (bicyclic) bond motifs is 1. The monoisotopic (exact) mass is 317 g/mol. The predicted molar refractivity (Wildman–Crippen MR) is 94.1 cm³/mol. The number of para-hydroxylation sites is 2. The molecule has 2 aromatic heterocycles. The number of hydrogen-bond acceptors (Lipinski definition) is 4. The number of nitriles is 1. The Morgan fingerprint density at radius 2 is 1.88 bits per heavy atom. The number of imidazole rings is 1. The fourth-order valence-corrected chi connectivity index (χ4v) is 3.60. The molecule has 5 nitrogen and oxygen atoms in total. The quantitative estimate of drug-likeness (QED) is 0.728. The van der Waals surface area contributed by atoms with E-state index in [0.717, 1.165) is 41.5 Å². The Labute approximate surface area is 141 Å². The minimum Gasteiger partial charge on any atom is -0.351 e. The molecule has 3 aromatic rings. The first kappa shape index (κ1) is 14.7. The average molecular weight is 317 g/mol. The van der Waals surface area contributed by atoms with Crippen LogP contribution >= 0.6 is 0 Å². The summed E-state index contributed by atoms with van der Waals surface area (Å²) in [6, 6.07) is 12.9. The SMILES string of the molecule is Cc1cc(C)c(C#N)c(N2CC(n3c(C)nc4ccccc43)C2)n1. The number of nitrogens with zero attached hydrogens (tertiary/aromatic N) is 5. The maximum absolute atomic E-state index is 9.46. The fraction of sp³-hybridized carbons (Fsp3) is 0.316. The number of rotatable bonds is 2. The molecule has 0 spiro atoms. The summed E-state index contributed by atoms with van der Waals surface area (Å²) >= 11 is 0. The highest BCUT2D eigenvalue weighted by atomic mass is 15.3. The van der Waals surface area contributed by atoms with Crippen LogP contribution in [0.4, 0.5) is 5.82 Å². The molecule has 3 heterocycles. The van der Waals surface area contributed by atoms with Crippen LogP contribution < -0.4 is 4.90 Å². The molecule has 1 aliphatic heterocycles. The lowest BCUT2D eigenvalue weighted by molar-refractivity contribution is 0.398. The number of benzene rings is 1. The van der Waals surface area contributed by atoms with Gasteiger partial charge in [0.05, 0.1) is 22.6 Å². The van der Waals surface area contributed by atoms with Crippen molar-refractivity contribution < 1.29 is 0 Å². The van der Waals surface area contributed by atoms with Crippen LogP contribution in [0.5, 0.6) is 0 Å². The molecule has 1 saturated heterocycles. The van der Waals surface area contributed by atoms with Gasteiger partial charge in [0.15, 0.2) is 0 Å². The van der Waals surface area contributed by atoms with Crippen LogP contribution in [0, 0.1) is 32.1 Å². The number of anilines is 1. The second-order valence-corrected chi connectivity index (χ2v) is 6.47. The first-order chi connectivity index (χ1) is 11.6. The Bertz CT molecular complexity index is 973. The maximum atomic E-state index is 9.46. The number of aromatic nitrogens is 3. The van der Waals surface area contributed by atoms with Crippen molar-refractivity contribution in [1.29, 1.82) is 5.26 Å². The van der Waals surface area contributed by atoms with Gasteiger partial charge >= 0.3 is 0 Å². The van der Waals surface area contributed by atoms with Gasteiger partial charge in [0, 0.05) is 18.8 Å². The van der Waals surface area contributed by atoms with Crippen LogP contribution in [-0.2, 0) is 0 Å². The van der Waals surface area contributed by atoms with Gasteiger partial charge in [-0.05, 0) is 44.5 Å². The van der Waals surface area contributed by atoms with Gasteiger partial charge in [-0.15, -0.1) is 0 Å². The van der Waals surface area contributed by atoms with Crippen molar-refractivity contribution in [1.82, 2.24) is 14.5 Å². The van der Waals surface area contributed by atoms with Gasteiger partial charge in [0.2, 0.25) is 0 Å². The second kappa shape index (κ2) is 5.34. The van der Waals surface area contributed by atoms with E-state index in [1.165, 1.54) is 5.52 Å². The summed E-state index contributed by atoms with van der Waals surface area (Å²) in [5.74, 6) is 1.85. The van der Waals surface area contributed by atoms with Gasteiger partial charge in [0.1, 0.15) is 17.7 Å². The summed E-state index contributed by atoms with van der Waals surface area (Å²) in [7, 11) is 0. The molecule has 120 valence electrons. The second-order valence-electron chi connectivity index (χ2n) is 6.47. The van der Waals surface area contributed by atoms with Gasteiger partial charge < -0.3 is 9.47 Å². The van der Waals surface area contributed by atoms with Crippen molar-refractivity contribution in [2.45, 2.75) is 26.8 Å². The number of hydrogen-bond donors (Lipinski definition) is 0. The summed E-state index contributed by atoms with van der Waals surface area (Å²) in [5, 5.41) is 9.46. The number of aryl methyl sites for hydroxylation is 3. The lowest BCUT2D eigenvalue weighted by Gasteiger charge is -2.42. The normalized spacial score (nSPS) is 14.7. The van der Waals surface area contributed by atoms with E-state index in [2.05, 4.69) is 50.6 Å². The molecule has 0 atom stereocenters. The summed E-state index contributed by atoms with van der Waals surface area (Å²) in [5.41, 5.74) is 4.84. The lowest BCUT2D eigenvalue weighted by Crippen LogP contribution is -2.48. The largest absolute Gasteiger partial charge is 0.351 e. The zero-order valence-corrected chi connectivity index (χ0v) is 14.1. The molecule has 1 aromatic carbocycles. The van der Waals surface area contributed by atoms with Crippen molar-refractivity contribution in [3.63, 3.8) is 0 Å². The highest BCUT2D eigenvalue weighted by Crippen LogP contribution is 2.33. The Hall–Kier alpha value is -2.87. The van der Waals surface area contributed by atoms with Crippen molar-refractivity contribution in [3.05, 3.63) is 53.0 Å². The van der Waals surface area contributed by atoms with Crippen LogP contribution in [0.2, 0.25) is 0 Å². The zero-order valence-electron chi connectivity index (χ0n) is 14.1. The third-order valence-electron chi connectivity index (χ3n) is 4.74. The Morgan fingerprint density at radius 1 is 1.12 bits per heavy atom. The van der Waals surface area contributed by atoms with Gasteiger partial charge in [0.25, 0.3) is 0 Å². The lowest BCUT2D eigenvalue weighted by atomic mass is 10.0. The summed E-state index contributed by atoms with van der Waals surface area (Å²) in [4.78, 5) is 11.5. The minimum atomic E-state index is 0.367. The Balaban J connectivity index is 1.66. The third-order valence-corrected chi connectivity index (χ3v) is 4.74. The Morgan fingerprint density at radius 3 is 2.62 bits per heavy atom. The van der Waals surface area contributed by atoms with Crippen molar-refractivity contribution in [2.24, 2.45) is 0 Å². The standard InChI is InChI=1S/C19H19N5/c1-12-8-13(2)21-19(16(12)9-20)23-10-15(11-23)24-14(3)22-17-6-4-5-7-18(17)24/h4-8,15H,10-11H2,1-3H3. The van der Waals surface area contributed by atoms with Crippen LogP contribution in [0.3, 0.4) is 0 Å².